The Morgan fingerprint density at radius 3 is 2.63 bits per heavy atom. The number of primary amides is 1. The first-order valence-electron chi connectivity index (χ1n) is 8.30. The smallest absolute Gasteiger partial charge is 0.262 e. The fourth-order valence-corrected chi connectivity index (χ4v) is 2.30. The Morgan fingerprint density at radius 1 is 1.19 bits per heavy atom. The number of aromatic nitrogens is 2. The van der Waals surface area contributed by atoms with Gasteiger partial charge in [-0.25, -0.2) is 0 Å². The van der Waals surface area contributed by atoms with Crippen LogP contribution in [0.2, 0.25) is 0 Å². The molecule has 0 aliphatic carbocycles. The Hall–Kier alpha value is -3.68. The summed E-state index contributed by atoms with van der Waals surface area (Å²) in [5, 5.41) is 6.54. The first-order valence-corrected chi connectivity index (χ1v) is 8.30. The molecular formula is C19H18N4O4. The highest BCUT2D eigenvalue weighted by atomic mass is 16.5. The monoisotopic (exact) mass is 366 g/mol. The van der Waals surface area contributed by atoms with Crippen LogP contribution in [0.4, 0.5) is 5.69 Å². The van der Waals surface area contributed by atoms with Gasteiger partial charge in [-0.3, -0.25) is 9.59 Å². The van der Waals surface area contributed by atoms with Crippen LogP contribution < -0.4 is 15.8 Å². The maximum atomic E-state index is 12.0. The highest BCUT2D eigenvalue weighted by molar-refractivity contribution is 5.95. The van der Waals surface area contributed by atoms with E-state index in [4.69, 9.17) is 15.0 Å². The Labute approximate surface area is 155 Å². The highest BCUT2D eigenvalue weighted by Gasteiger charge is 2.10. The number of nitrogens with two attached hydrogens (primary N) is 1. The van der Waals surface area contributed by atoms with E-state index in [-0.39, 0.29) is 12.5 Å². The molecule has 2 aromatic carbocycles. The topological polar surface area (TPSA) is 120 Å². The molecule has 0 saturated carbocycles. The Balaban J connectivity index is 1.58. The molecule has 0 fully saturated rings. The van der Waals surface area contributed by atoms with Gasteiger partial charge in [-0.1, -0.05) is 18.1 Å². The summed E-state index contributed by atoms with van der Waals surface area (Å²) >= 11 is 0. The predicted molar refractivity (Wildman–Crippen MR) is 98.2 cm³/mol. The number of carbonyl (C=O) groups is 2. The number of amides is 2. The maximum absolute atomic E-state index is 12.0. The fourth-order valence-electron chi connectivity index (χ4n) is 2.30. The van der Waals surface area contributed by atoms with E-state index in [1.54, 1.807) is 30.3 Å². The van der Waals surface area contributed by atoms with E-state index in [1.807, 2.05) is 13.0 Å². The summed E-state index contributed by atoms with van der Waals surface area (Å²) in [6.07, 6.45) is 0.681. The van der Waals surface area contributed by atoms with Crippen molar-refractivity contribution in [3.63, 3.8) is 0 Å². The minimum atomic E-state index is -0.525. The average Bonchev–Trinajstić information content (AvgIpc) is 3.16. The summed E-state index contributed by atoms with van der Waals surface area (Å²) in [6.45, 7) is 1.76. The zero-order valence-electron chi connectivity index (χ0n) is 14.6. The molecule has 0 unspecified atom stereocenters. The van der Waals surface area contributed by atoms with Crippen LogP contribution in [0.5, 0.6) is 5.75 Å². The third kappa shape index (κ3) is 4.69. The lowest BCUT2D eigenvalue weighted by molar-refractivity contribution is -0.118. The molecule has 8 nitrogen and oxygen atoms in total. The third-order valence-electron chi connectivity index (χ3n) is 3.69. The van der Waals surface area contributed by atoms with Crippen LogP contribution in [0.3, 0.4) is 0 Å². The number of rotatable bonds is 7. The van der Waals surface area contributed by atoms with Crippen molar-refractivity contribution < 1.29 is 18.8 Å². The number of nitrogens with zero attached hydrogens (tertiary/aromatic N) is 2. The van der Waals surface area contributed by atoms with Gasteiger partial charge in [0.05, 0.1) is 0 Å². The lowest BCUT2D eigenvalue weighted by Gasteiger charge is -2.08. The minimum Gasteiger partial charge on any atom is -0.484 e. The molecule has 1 aromatic heterocycles. The first-order chi connectivity index (χ1) is 13.0. The number of hydrogen-bond acceptors (Lipinski definition) is 6. The van der Waals surface area contributed by atoms with E-state index in [2.05, 4.69) is 15.5 Å². The Bertz CT molecular complexity index is 950. The molecule has 0 bridgehead atoms. The van der Waals surface area contributed by atoms with Gasteiger partial charge >= 0.3 is 0 Å². The van der Waals surface area contributed by atoms with E-state index < -0.39 is 5.91 Å². The molecule has 0 radical (unpaired) electrons. The summed E-state index contributed by atoms with van der Waals surface area (Å²) in [7, 11) is 0. The first kappa shape index (κ1) is 18.1. The molecule has 0 aliphatic heterocycles. The molecular weight excluding hydrogens is 348 g/mol. The van der Waals surface area contributed by atoms with Crippen LogP contribution in [0.15, 0.2) is 53.1 Å². The van der Waals surface area contributed by atoms with Crippen LogP contribution in [0.25, 0.3) is 11.5 Å². The van der Waals surface area contributed by atoms with Gasteiger partial charge in [0, 0.05) is 23.2 Å². The van der Waals surface area contributed by atoms with Crippen LogP contribution in [0.1, 0.15) is 23.1 Å². The zero-order chi connectivity index (χ0) is 19.2. The summed E-state index contributed by atoms with van der Waals surface area (Å²) < 4.78 is 10.7. The SMILES string of the molecule is CCc1noc(-c2cccc(OCC(=O)Nc3ccc(C(N)=O)cc3)c2)n1. The van der Waals surface area contributed by atoms with Crippen LogP contribution in [-0.4, -0.2) is 28.6 Å². The Kier molecular flexibility index (Phi) is 5.46. The third-order valence-corrected chi connectivity index (χ3v) is 3.69. The highest BCUT2D eigenvalue weighted by Crippen LogP contribution is 2.22. The lowest BCUT2D eigenvalue weighted by Crippen LogP contribution is -2.20. The van der Waals surface area contributed by atoms with Crippen molar-refractivity contribution in [3.05, 3.63) is 59.9 Å². The minimum absolute atomic E-state index is 0.176. The van der Waals surface area contributed by atoms with Gasteiger partial charge in [-0.2, -0.15) is 4.98 Å². The number of aryl methyl sites for hydroxylation is 1. The molecule has 3 N–H and O–H groups in total. The predicted octanol–water partition coefficient (Wildman–Crippen LogP) is 2.42. The standard InChI is InChI=1S/C19H18N4O4/c1-2-16-22-19(27-23-16)13-4-3-5-15(10-13)26-11-17(24)21-14-8-6-12(7-9-14)18(20)25/h3-10H,2,11H2,1H3,(H2,20,25)(H,21,24). The van der Waals surface area contributed by atoms with Gasteiger partial charge < -0.3 is 20.3 Å². The second-order valence-electron chi connectivity index (χ2n) is 5.68. The van der Waals surface area contributed by atoms with Crippen molar-refractivity contribution in [2.75, 3.05) is 11.9 Å². The van der Waals surface area contributed by atoms with Gasteiger partial charge in [0.2, 0.25) is 5.91 Å². The largest absolute Gasteiger partial charge is 0.484 e. The summed E-state index contributed by atoms with van der Waals surface area (Å²) in [5.41, 5.74) is 6.80. The van der Waals surface area contributed by atoms with Crippen LogP contribution in [-0.2, 0) is 11.2 Å². The molecule has 0 spiro atoms. The quantitative estimate of drug-likeness (QED) is 0.662. The number of nitrogens with one attached hydrogen (secondary N) is 1. The molecule has 0 saturated heterocycles. The summed E-state index contributed by atoms with van der Waals surface area (Å²) in [6, 6.07) is 13.3. The van der Waals surface area contributed by atoms with Gasteiger partial charge in [-0.15, -0.1) is 0 Å². The van der Waals surface area contributed by atoms with Crippen molar-refractivity contribution in [1.82, 2.24) is 10.1 Å². The van der Waals surface area contributed by atoms with Gasteiger partial charge in [0.25, 0.3) is 11.8 Å². The molecule has 2 amide bonds. The van der Waals surface area contributed by atoms with Crippen molar-refractivity contribution >= 4 is 17.5 Å². The fraction of sp³-hybridized carbons (Fsp3) is 0.158. The zero-order valence-corrected chi connectivity index (χ0v) is 14.6. The number of carbonyl (C=O) groups excluding carboxylic acids is 2. The second kappa shape index (κ2) is 8.13. The van der Waals surface area contributed by atoms with Crippen LogP contribution in [0, 0.1) is 0 Å². The van der Waals surface area contributed by atoms with E-state index in [0.717, 1.165) is 0 Å². The van der Waals surface area contributed by atoms with Crippen molar-refractivity contribution in [3.8, 4) is 17.2 Å². The summed E-state index contributed by atoms with van der Waals surface area (Å²) in [5.74, 6) is 0.666. The molecule has 0 atom stereocenters. The average molecular weight is 366 g/mol. The number of anilines is 1. The van der Waals surface area contributed by atoms with Crippen molar-refractivity contribution in [2.45, 2.75) is 13.3 Å². The second-order valence-corrected chi connectivity index (χ2v) is 5.68. The number of ether oxygens (including phenoxy) is 1. The lowest BCUT2D eigenvalue weighted by atomic mass is 10.2. The Morgan fingerprint density at radius 2 is 1.96 bits per heavy atom. The van der Waals surface area contributed by atoms with Crippen molar-refractivity contribution in [2.24, 2.45) is 5.73 Å². The molecule has 3 rings (SSSR count). The summed E-state index contributed by atoms with van der Waals surface area (Å²) in [4.78, 5) is 27.3. The number of benzene rings is 2. The van der Waals surface area contributed by atoms with E-state index in [0.29, 0.717) is 40.7 Å². The van der Waals surface area contributed by atoms with E-state index in [1.165, 1.54) is 12.1 Å². The normalized spacial score (nSPS) is 10.4. The van der Waals surface area contributed by atoms with Gasteiger partial charge in [-0.05, 0) is 42.5 Å². The maximum Gasteiger partial charge on any atom is 0.262 e. The van der Waals surface area contributed by atoms with Crippen LogP contribution >= 0.6 is 0 Å². The molecule has 3 aromatic rings. The molecule has 27 heavy (non-hydrogen) atoms. The molecule has 138 valence electrons. The molecule has 1 heterocycles. The van der Waals surface area contributed by atoms with E-state index in [9.17, 15) is 9.59 Å². The van der Waals surface area contributed by atoms with Gasteiger partial charge in [0.1, 0.15) is 5.75 Å². The van der Waals surface area contributed by atoms with Crippen molar-refractivity contribution in [1.29, 1.82) is 0 Å². The molecule has 8 heteroatoms. The number of hydrogen-bond donors (Lipinski definition) is 2. The van der Waals surface area contributed by atoms with Gasteiger partial charge in [0.15, 0.2) is 12.4 Å². The molecule has 0 aliphatic rings. The van der Waals surface area contributed by atoms with E-state index >= 15 is 0 Å².